The first kappa shape index (κ1) is 21.2. The van der Waals surface area contributed by atoms with Gasteiger partial charge in [0, 0.05) is 41.3 Å². The van der Waals surface area contributed by atoms with Gasteiger partial charge in [-0.3, -0.25) is 4.79 Å². The van der Waals surface area contributed by atoms with Crippen LogP contribution in [0.3, 0.4) is 0 Å². The molecule has 1 saturated heterocycles. The third kappa shape index (κ3) is 4.21. The van der Waals surface area contributed by atoms with Crippen molar-refractivity contribution in [2.45, 2.75) is 0 Å². The first-order valence-electron chi connectivity index (χ1n) is 9.33. The number of anilines is 1. The van der Waals surface area contributed by atoms with Crippen LogP contribution in [0, 0.1) is 0 Å². The Hall–Kier alpha value is -2.06. The van der Waals surface area contributed by atoms with E-state index in [0.717, 1.165) is 21.5 Å². The molecule has 156 valence electrons. The van der Waals surface area contributed by atoms with Crippen molar-refractivity contribution in [1.29, 1.82) is 0 Å². The summed E-state index contributed by atoms with van der Waals surface area (Å²) in [6.45, 7) is 2.41. The summed E-state index contributed by atoms with van der Waals surface area (Å²) >= 11 is 19.5. The van der Waals surface area contributed by atoms with E-state index in [9.17, 15) is 4.79 Å². The summed E-state index contributed by atoms with van der Waals surface area (Å²) in [6, 6.07) is 13.1. The molecule has 1 amide bonds. The van der Waals surface area contributed by atoms with Crippen molar-refractivity contribution in [2.75, 3.05) is 38.6 Å². The number of rotatable bonds is 3. The zero-order chi connectivity index (χ0) is 21.3. The minimum absolute atomic E-state index is 0.0550. The maximum atomic E-state index is 13.1. The molecule has 1 aromatic heterocycles. The number of hydrogen-bond donors (Lipinski definition) is 1. The molecule has 1 aliphatic rings. The highest BCUT2D eigenvalue weighted by Gasteiger charge is 2.27. The number of carbonyl (C=O) groups excluding carboxylic acids is 1. The molecule has 2 aromatic carbocycles. The molecule has 0 unspecified atom stereocenters. The lowest BCUT2D eigenvalue weighted by molar-refractivity contribution is 0.0698. The van der Waals surface area contributed by atoms with Crippen LogP contribution in [0.15, 0.2) is 42.5 Å². The minimum atomic E-state index is -0.0550. The molecule has 30 heavy (non-hydrogen) atoms. The molecule has 0 bridgehead atoms. The Bertz CT molecular complexity index is 1110. The van der Waals surface area contributed by atoms with Crippen LogP contribution in [0.1, 0.15) is 9.67 Å². The highest BCUT2D eigenvalue weighted by atomic mass is 35.5. The van der Waals surface area contributed by atoms with Gasteiger partial charge in [0.05, 0.1) is 17.8 Å². The highest BCUT2D eigenvalue weighted by molar-refractivity contribution is 7.80. The zero-order valence-corrected chi connectivity index (χ0v) is 19.3. The van der Waals surface area contributed by atoms with E-state index < -0.39 is 0 Å². The van der Waals surface area contributed by atoms with Crippen LogP contribution in [0.25, 0.3) is 10.1 Å². The van der Waals surface area contributed by atoms with Crippen molar-refractivity contribution >= 4 is 73.5 Å². The number of ether oxygens (including phenoxy) is 1. The van der Waals surface area contributed by atoms with Crippen LogP contribution in [0.2, 0.25) is 10.0 Å². The second kappa shape index (κ2) is 8.98. The first-order valence-corrected chi connectivity index (χ1v) is 11.3. The summed E-state index contributed by atoms with van der Waals surface area (Å²) in [5.41, 5.74) is 0.819. The number of thiophene rings is 1. The minimum Gasteiger partial charge on any atom is -0.495 e. The second-order valence-corrected chi connectivity index (χ2v) is 9.05. The highest BCUT2D eigenvalue weighted by Crippen LogP contribution is 2.37. The number of piperazine rings is 1. The molecule has 0 atom stereocenters. The molecular weight excluding hydrogens is 461 g/mol. The van der Waals surface area contributed by atoms with Crippen molar-refractivity contribution in [3.8, 4) is 5.75 Å². The Balaban J connectivity index is 1.41. The van der Waals surface area contributed by atoms with Gasteiger partial charge < -0.3 is 19.9 Å². The maximum absolute atomic E-state index is 13.1. The fraction of sp³-hybridized carbons (Fsp3) is 0.238. The molecule has 1 aliphatic heterocycles. The van der Waals surface area contributed by atoms with E-state index in [0.29, 0.717) is 46.2 Å². The van der Waals surface area contributed by atoms with Gasteiger partial charge in [0.2, 0.25) is 0 Å². The molecule has 3 aromatic rings. The molecule has 5 nitrogen and oxygen atoms in total. The Kier molecular flexibility index (Phi) is 6.34. The van der Waals surface area contributed by atoms with Gasteiger partial charge in [-0.15, -0.1) is 11.3 Å². The Morgan fingerprint density at radius 1 is 1.10 bits per heavy atom. The van der Waals surface area contributed by atoms with Crippen molar-refractivity contribution < 1.29 is 9.53 Å². The SMILES string of the molecule is COc1ccccc1NC(=S)N1CCN(C(=O)c2sc3cc(Cl)ccc3c2Cl)CC1. The molecule has 1 fully saturated rings. The van der Waals surface area contributed by atoms with E-state index in [-0.39, 0.29) is 5.91 Å². The number of benzene rings is 2. The largest absolute Gasteiger partial charge is 0.495 e. The third-order valence-corrected chi connectivity index (χ3v) is 7.23. The summed E-state index contributed by atoms with van der Waals surface area (Å²) < 4.78 is 6.27. The number of nitrogens with one attached hydrogen (secondary N) is 1. The fourth-order valence-electron chi connectivity index (χ4n) is 3.37. The summed E-state index contributed by atoms with van der Waals surface area (Å²) in [4.78, 5) is 17.5. The van der Waals surface area contributed by atoms with Gasteiger partial charge >= 0.3 is 0 Å². The summed E-state index contributed by atoms with van der Waals surface area (Å²) in [7, 11) is 1.63. The normalized spacial score (nSPS) is 14.1. The number of fused-ring (bicyclic) bond motifs is 1. The van der Waals surface area contributed by atoms with E-state index in [4.69, 9.17) is 40.2 Å². The monoisotopic (exact) mass is 479 g/mol. The lowest BCUT2D eigenvalue weighted by Gasteiger charge is -2.36. The van der Waals surface area contributed by atoms with Gasteiger partial charge in [-0.1, -0.05) is 41.4 Å². The lowest BCUT2D eigenvalue weighted by atomic mass is 10.2. The van der Waals surface area contributed by atoms with Crippen molar-refractivity contribution in [3.63, 3.8) is 0 Å². The number of carbonyl (C=O) groups is 1. The maximum Gasteiger partial charge on any atom is 0.265 e. The number of hydrogen-bond acceptors (Lipinski definition) is 4. The Labute approximate surface area is 194 Å². The quantitative estimate of drug-likeness (QED) is 0.511. The summed E-state index contributed by atoms with van der Waals surface area (Å²) in [5.74, 6) is 0.675. The number of methoxy groups -OCH3 is 1. The van der Waals surface area contributed by atoms with Gasteiger partial charge in [-0.05, 0) is 36.5 Å². The third-order valence-electron chi connectivity index (χ3n) is 4.99. The molecular formula is C21H19Cl2N3O2S2. The van der Waals surface area contributed by atoms with Gasteiger partial charge in [0.25, 0.3) is 5.91 Å². The molecule has 0 saturated carbocycles. The van der Waals surface area contributed by atoms with Crippen molar-refractivity contribution in [3.05, 3.63) is 57.4 Å². The zero-order valence-electron chi connectivity index (χ0n) is 16.2. The van der Waals surface area contributed by atoms with Crippen LogP contribution in [0.5, 0.6) is 5.75 Å². The van der Waals surface area contributed by atoms with Gasteiger partial charge in [-0.2, -0.15) is 0 Å². The lowest BCUT2D eigenvalue weighted by Crippen LogP contribution is -2.51. The number of nitrogens with zero attached hydrogens (tertiary/aromatic N) is 2. The molecule has 0 spiro atoms. The first-order chi connectivity index (χ1) is 14.5. The van der Waals surface area contributed by atoms with E-state index >= 15 is 0 Å². The van der Waals surface area contributed by atoms with E-state index in [2.05, 4.69) is 10.2 Å². The van der Waals surface area contributed by atoms with E-state index in [1.165, 1.54) is 11.3 Å². The Morgan fingerprint density at radius 2 is 1.80 bits per heavy atom. The fourth-order valence-corrected chi connectivity index (χ4v) is 5.42. The van der Waals surface area contributed by atoms with Gasteiger partial charge in [-0.25, -0.2) is 0 Å². The summed E-state index contributed by atoms with van der Waals surface area (Å²) in [5, 5.41) is 5.83. The average molecular weight is 480 g/mol. The van der Waals surface area contributed by atoms with Crippen LogP contribution in [-0.4, -0.2) is 54.1 Å². The van der Waals surface area contributed by atoms with Gasteiger partial charge in [0.1, 0.15) is 10.6 Å². The smallest absolute Gasteiger partial charge is 0.265 e. The second-order valence-electron chi connectivity index (χ2n) is 6.80. The Morgan fingerprint density at radius 3 is 2.53 bits per heavy atom. The predicted molar refractivity (Wildman–Crippen MR) is 129 cm³/mol. The van der Waals surface area contributed by atoms with E-state index in [1.807, 2.05) is 41.3 Å². The molecule has 0 aliphatic carbocycles. The van der Waals surface area contributed by atoms with Crippen LogP contribution < -0.4 is 10.1 Å². The average Bonchev–Trinajstić information content (AvgIpc) is 3.09. The molecule has 0 radical (unpaired) electrons. The number of para-hydroxylation sites is 2. The number of amides is 1. The molecule has 4 rings (SSSR count). The van der Waals surface area contributed by atoms with Crippen LogP contribution in [0.4, 0.5) is 5.69 Å². The number of halogens is 2. The summed E-state index contributed by atoms with van der Waals surface area (Å²) in [6.07, 6.45) is 0. The van der Waals surface area contributed by atoms with Crippen molar-refractivity contribution in [1.82, 2.24) is 9.80 Å². The van der Waals surface area contributed by atoms with Crippen LogP contribution in [-0.2, 0) is 0 Å². The van der Waals surface area contributed by atoms with E-state index in [1.54, 1.807) is 13.2 Å². The topological polar surface area (TPSA) is 44.8 Å². The van der Waals surface area contributed by atoms with Crippen molar-refractivity contribution in [2.24, 2.45) is 0 Å². The molecule has 9 heteroatoms. The molecule has 2 heterocycles. The predicted octanol–water partition coefficient (Wildman–Crippen LogP) is 5.37. The number of thiocarbonyl (C=S) groups is 1. The van der Waals surface area contributed by atoms with Gasteiger partial charge in [0.15, 0.2) is 5.11 Å². The molecule has 1 N–H and O–H groups in total. The van der Waals surface area contributed by atoms with Crippen LogP contribution >= 0.6 is 46.8 Å². The standard InChI is InChI=1S/C21H19Cl2N3O2S2/c1-28-16-5-3-2-4-15(16)24-21(29)26-10-8-25(9-11-26)20(27)19-18(23)14-7-6-13(22)12-17(14)30-19/h2-7,12H,8-11H2,1H3,(H,24,29).